The van der Waals surface area contributed by atoms with Crippen LogP contribution in [0.5, 0.6) is 11.5 Å². The molecule has 0 saturated carbocycles. The van der Waals surface area contributed by atoms with Crippen molar-refractivity contribution in [2.75, 3.05) is 38.2 Å². The molecule has 1 aliphatic rings. The van der Waals surface area contributed by atoms with Gasteiger partial charge in [-0.2, -0.15) is 0 Å². The second kappa shape index (κ2) is 9.00. The second-order valence-electron chi connectivity index (χ2n) is 7.44. The SMILES string of the molecule is COc1ccccc1N1CCN(C(=O)[C@@H](C)Oc2ccccc2C(C)C)CC1. The van der Waals surface area contributed by atoms with E-state index in [0.29, 0.717) is 19.0 Å². The van der Waals surface area contributed by atoms with Gasteiger partial charge in [-0.25, -0.2) is 0 Å². The van der Waals surface area contributed by atoms with E-state index in [0.717, 1.165) is 35.8 Å². The van der Waals surface area contributed by atoms with E-state index in [4.69, 9.17) is 9.47 Å². The first-order valence-corrected chi connectivity index (χ1v) is 9.93. The van der Waals surface area contributed by atoms with E-state index in [-0.39, 0.29) is 5.91 Å². The molecule has 1 saturated heterocycles. The molecule has 0 aliphatic carbocycles. The summed E-state index contributed by atoms with van der Waals surface area (Å²) in [6, 6.07) is 16.0. The molecule has 0 spiro atoms. The molecule has 1 amide bonds. The fraction of sp³-hybridized carbons (Fsp3) is 0.435. The van der Waals surface area contributed by atoms with Crippen LogP contribution in [0.4, 0.5) is 5.69 Å². The summed E-state index contributed by atoms with van der Waals surface area (Å²) in [4.78, 5) is 17.1. The van der Waals surface area contributed by atoms with Gasteiger partial charge in [0.2, 0.25) is 0 Å². The van der Waals surface area contributed by atoms with Gasteiger partial charge in [-0.05, 0) is 36.6 Å². The smallest absolute Gasteiger partial charge is 0.263 e. The van der Waals surface area contributed by atoms with Crippen molar-refractivity contribution in [1.82, 2.24) is 4.90 Å². The van der Waals surface area contributed by atoms with Crippen molar-refractivity contribution in [3.8, 4) is 11.5 Å². The zero-order valence-corrected chi connectivity index (χ0v) is 17.2. The number of carbonyl (C=O) groups excluding carboxylic acids is 1. The molecule has 2 aromatic rings. The van der Waals surface area contributed by atoms with E-state index in [9.17, 15) is 4.79 Å². The van der Waals surface area contributed by atoms with E-state index < -0.39 is 6.10 Å². The van der Waals surface area contributed by atoms with Crippen molar-refractivity contribution in [3.05, 3.63) is 54.1 Å². The van der Waals surface area contributed by atoms with E-state index in [1.54, 1.807) is 7.11 Å². The first kappa shape index (κ1) is 20.1. The Kier molecular flexibility index (Phi) is 6.45. The molecular formula is C23H30N2O3. The Labute approximate surface area is 167 Å². The van der Waals surface area contributed by atoms with Crippen molar-refractivity contribution in [2.24, 2.45) is 0 Å². The molecule has 0 unspecified atom stereocenters. The van der Waals surface area contributed by atoms with Crippen LogP contribution in [0.2, 0.25) is 0 Å². The van der Waals surface area contributed by atoms with E-state index >= 15 is 0 Å². The van der Waals surface area contributed by atoms with E-state index in [2.05, 4.69) is 30.9 Å². The highest BCUT2D eigenvalue weighted by Gasteiger charge is 2.27. The average Bonchev–Trinajstić information content (AvgIpc) is 2.73. The van der Waals surface area contributed by atoms with Crippen LogP contribution >= 0.6 is 0 Å². The van der Waals surface area contributed by atoms with Gasteiger partial charge in [0, 0.05) is 26.2 Å². The number of hydrogen-bond acceptors (Lipinski definition) is 4. The average molecular weight is 383 g/mol. The monoisotopic (exact) mass is 382 g/mol. The number of rotatable bonds is 6. The van der Waals surface area contributed by atoms with Gasteiger partial charge in [0.15, 0.2) is 6.10 Å². The summed E-state index contributed by atoms with van der Waals surface area (Å²) in [5.41, 5.74) is 2.20. The minimum Gasteiger partial charge on any atom is -0.495 e. The zero-order valence-electron chi connectivity index (χ0n) is 17.2. The first-order valence-electron chi connectivity index (χ1n) is 9.93. The number of piperazine rings is 1. The van der Waals surface area contributed by atoms with Crippen LogP contribution in [0.3, 0.4) is 0 Å². The molecule has 1 fully saturated rings. The summed E-state index contributed by atoms with van der Waals surface area (Å²) in [5, 5.41) is 0. The Balaban J connectivity index is 1.61. The van der Waals surface area contributed by atoms with Gasteiger partial charge in [-0.1, -0.05) is 44.2 Å². The van der Waals surface area contributed by atoms with E-state index in [1.165, 1.54) is 0 Å². The minimum absolute atomic E-state index is 0.0400. The summed E-state index contributed by atoms with van der Waals surface area (Å²) in [6.07, 6.45) is -0.502. The molecular weight excluding hydrogens is 352 g/mol. The number of benzene rings is 2. The maximum absolute atomic E-state index is 12.9. The van der Waals surface area contributed by atoms with Crippen LogP contribution < -0.4 is 14.4 Å². The molecule has 5 heteroatoms. The number of methoxy groups -OCH3 is 1. The minimum atomic E-state index is -0.502. The molecule has 1 heterocycles. The molecule has 0 radical (unpaired) electrons. The molecule has 0 N–H and O–H groups in total. The molecule has 1 atom stereocenters. The van der Waals surface area contributed by atoms with Crippen LogP contribution in [-0.2, 0) is 4.79 Å². The van der Waals surface area contributed by atoms with Gasteiger partial charge in [0.1, 0.15) is 11.5 Å². The Morgan fingerprint density at radius 1 is 0.893 bits per heavy atom. The lowest BCUT2D eigenvalue weighted by Crippen LogP contribution is -2.52. The largest absolute Gasteiger partial charge is 0.495 e. The predicted molar refractivity (Wildman–Crippen MR) is 112 cm³/mol. The number of hydrogen-bond donors (Lipinski definition) is 0. The topological polar surface area (TPSA) is 42.0 Å². The van der Waals surface area contributed by atoms with Gasteiger partial charge in [-0.15, -0.1) is 0 Å². The highest BCUT2D eigenvalue weighted by molar-refractivity contribution is 5.81. The lowest BCUT2D eigenvalue weighted by atomic mass is 10.0. The highest BCUT2D eigenvalue weighted by atomic mass is 16.5. The van der Waals surface area contributed by atoms with Crippen LogP contribution in [-0.4, -0.2) is 50.2 Å². The molecule has 28 heavy (non-hydrogen) atoms. The normalized spacial score (nSPS) is 15.5. The molecule has 2 aromatic carbocycles. The standard InChI is InChI=1S/C23H30N2O3/c1-17(2)19-9-5-7-11-21(19)28-18(3)23(26)25-15-13-24(14-16-25)20-10-6-8-12-22(20)27-4/h5-12,17-18H,13-16H2,1-4H3/t18-/m1/s1. The molecule has 0 aromatic heterocycles. The molecule has 150 valence electrons. The summed E-state index contributed by atoms with van der Waals surface area (Å²) < 4.78 is 11.5. The predicted octanol–water partition coefficient (Wildman–Crippen LogP) is 3.93. The van der Waals surface area contributed by atoms with Crippen LogP contribution in [0.25, 0.3) is 0 Å². The molecule has 3 rings (SSSR count). The number of para-hydroxylation sites is 3. The van der Waals surface area contributed by atoms with Gasteiger partial charge in [0.25, 0.3) is 5.91 Å². The number of anilines is 1. The maximum Gasteiger partial charge on any atom is 0.263 e. The number of amides is 1. The lowest BCUT2D eigenvalue weighted by Gasteiger charge is -2.37. The van der Waals surface area contributed by atoms with Crippen molar-refractivity contribution >= 4 is 11.6 Å². The molecule has 0 bridgehead atoms. The Morgan fingerprint density at radius 3 is 2.14 bits per heavy atom. The first-order chi connectivity index (χ1) is 13.5. The van der Waals surface area contributed by atoms with Gasteiger partial charge in [-0.3, -0.25) is 4.79 Å². The third-order valence-electron chi connectivity index (χ3n) is 5.21. The van der Waals surface area contributed by atoms with Gasteiger partial charge < -0.3 is 19.3 Å². The van der Waals surface area contributed by atoms with E-state index in [1.807, 2.05) is 48.2 Å². The van der Waals surface area contributed by atoms with Crippen molar-refractivity contribution in [3.63, 3.8) is 0 Å². The van der Waals surface area contributed by atoms with Crippen molar-refractivity contribution in [1.29, 1.82) is 0 Å². The van der Waals surface area contributed by atoms with Crippen LogP contribution in [0, 0.1) is 0 Å². The summed E-state index contributed by atoms with van der Waals surface area (Å²) in [6.45, 7) is 9.01. The lowest BCUT2D eigenvalue weighted by molar-refractivity contribution is -0.138. The van der Waals surface area contributed by atoms with Crippen LogP contribution in [0.1, 0.15) is 32.3 Å². The highest BCUT2D eigenvalue weighted by Crippen LogP contribution is 2.29. The van der Waals surface area contributed by atoms with Gasteiger partial charge in [0.05, 0.1) is 12.8 Å². The third-order valence-corrected chi connectivity index (χ3v) is 5.21. The van der Waals surface area contributed by atoms with Gasteiger partial charge >= 0.3 is 0 Å². The number of nitrogens with zero attached hydrogens (tertiary/aromatic N) is 2. The molecule has 5 nitrogen and oxygen atoms in total. The number of ether oxygens (including phenoxy) is 2. The second-order valence-corrected chi connectivity index (χ2v) is 7.44. The Bertz CT molecular complexity index is 798. The Morgan fingerprint density at radius 2 is 1.50 bits per heavy atom. The third kappa shape index (κ3) is 4.41. The zero-order chi connectivity index (χ0) is 20.1. The maximum atomic E-state index is 12.9. The fourth-order valence-corrected chi connectivity index (χ4v) is 3.62. The quantitative estimate of drug-likeness (QED) is 0.759. The molecule has 1 aliphatic heterocycles. The Hall–Kier alpha value is -2.69. The summed E-state index contributed by atoms with van der Waals surface area (Å²) in [7, 11) is 1.69. The van der Waals surface area contributed by atoms with Crippen LogP contribution in [0.15, 0.2) is 48.5 Å². The summed E-state index contributed by atoms with van der Waals surface area (Å²) in [5.74, 6) is 2.05. The van der Waals surface area contributed by atoms with Crippen molar-refractivity contribution in [2.45, 2.75) is 32.8 Å². The summed E-state index contributed by atoms with van der Waals surface area (Å²) >= 11 is 0. The number of carbonyl (C=O) groups is 1. The fourth-order valence-electron chi connectivity index (χ4n) is 3.62. The van der Waals surface area contributed by atoms with Crippen molar-refractivity contribution < 1.29 is 14.3 Å².